The number of hydrogen-bond acceptors (Lipinski definition) is 1. The molecule has 17 rings (SSSR count). The third-order valence-corrected chi connectivity index (χ3v) is 24.7. The summed E-state index contributed by atoms with van der Waals surface area (Å²) >= 11 is 0. The van der Waals surface area contributed by atoms with E-state index >= 15 is 0 Å². The van der Waals surface area contributed by atoms with Crippen LogP contribution >= 0.6 is 0 Å². The largest absolute Gasteiger partial charge is 0.457 e. The summed E-state index contributed by atoms with van der Waals surface area (Å²) in [5.41, 5.74) is 39.1. The number of aryl methyl sites for hydroxylation is 18. The van der Waals surface area contributed by atoms with E-state index in [1.165, 1.54) is 185 Å². The normalized spacial score (nSPS) is 10.6. The van der Waals surface area contributed by atoms with Gasteiger partial charge in [-0.25, -0.2) is 0 Å². The Morgan fingerprint density at radius 2 is 0.432 bits per heavy atom. The molecule has 0 saturated carbocycles. The minimum Gasteiger partial charge on any atom is -0.457 e. The molecule has 132 heavy (non-hydrogen) atoms. The van der Waals surface area contributed by atoms with Gasteiger partial charge in [0.25, 0.3) is 0 Å². The zero-order chi connectivity index (χ0) is 95.8. The fraction of sp³-hybridized carbons (Fsp3) is 0.237. The highest BCUT2D eigenvalue weighted by Crippen LogP contribution is 2.38. The van der Waals surface area contributed by atoms with Crippen molar-refractivity contribution in [2.45, 2.75) is 209 Å². The third-order valence-electron chi connectivity index (χ3n) is 24.7. The van der Waals surface area contributed by atoms with Gasteiger partial charge in [0.15, 0.2) is 0 Å². The fourth-order valence-electron chi connectivity index (χ4n) is 14.9. The van der Waals surface area contributed by atoms with E-state index in [1.54, 1.807) is 0 Å². The summed E-state index contributed by atoms with van der Waals surface area (Å²) in [5.74, 6) is 1.76. The van der Waals surface area contributed by atoms with Crippen molar-refractivity contribution in [3.63, 3.8) is 0 Å². The summed E-state index contributed by atoms with van der Waals surface area (Å²) in [7, 11) is 0. The van der Waals surface area contributed by atoms with E-state index in [0.717, 1.165) is 17.9 Å². The highest BCUT2D eigenvalue weighted by Gasteiger charge is 2.28. The first-order valence-corrected chi connectivity index (χ1v) is 47.1. The van der Waals surface area contributed by atoms with Crippen LogP contribution in [0.15, 0.2) is 406 Å². The monoisotopic (exact) mass is 1740 g/mol. The van der Waals surface area contributed by atoms with Crippen molar-refractivity contribution in [3.05, 3.63) is 557 Å². The molecule has 678 valence electrons. The summed E-state index contributed by atoms with van der Waals surface area (Å²) in [6.45, 7) is 54.0. The van der Waals surface area contributed by atoms with Crippen molar-refractivity contribution in [2.75, 3.05) is 0 Å². The zero-order valence-electron chi connectivity index (χ0n) is 84.2. The van der Waals surface area contributed by atoms with E-state index in [2.05, 4.69) is 513 Å². The van der Waals surface area contributed by atoms with Crippen LogP contribution in [0.5, 0.6) is 11.5 Å². The molecule has 0 bridgehead atoms. The molecule has 0 N–H and O–H groups in total. The molecule has 0 heterocycles. The lowest BCUT2D eigenvalue weighted by molar-refractivity contribution is 0.482. The number of rotatable bonds is 13. The van der Waals surface area contributed by atoms with Crippen molar-refractivity contribution >= 4 is 10.8 Å². The van der Waals surface area contributed by atoms with Gasteiger partial charge in [-0.3, -0.25) is 0 Å². The smallest absolute Gasteiger partial charge is 0.127 e. The highest BCUT2D eigenvalue weighted by atomic mass is 16.5. The van der Waals surface area contributed by atoms with Crippen molar-refractivity contribution < 1.29 is 4.74 Å². The lowest BCUT2D eigenvalue weighted by Gasteiger charge is -2.31. The van der Waals surface area contributed by atoms with Gasteiger partial charge in [0.05, 0.1) is 0 Å². The molecule has 1 nitrogen and oxygen atoms in total. The Bertz CT molecular complexity index is 5650. The van der Waals surface area contributed by atoms with Gasteiger partial charge in [-0.05, 0) is 263 Å². The summed E-state index contributed by atoms with van der Waals surface area (Å²) in [4.78, 5) is 0. The SMILES string of the molecule is CCCC(C)(c1ccc(C)cc1)c1ccc(C)cc1.Cc1ccc(-c2ccc(C)cc2)cc1.Cc1ccc(C(C)(C)c2ccc(C)cc2)cc1.Cc1ccc(C(C)(C)c2ccc(C)cc2)cc1.Cc1ccc(Cc2ccc(C)cc2)cc1.Cc1ccc(Oc2ccc(C)cc2)cc1.Cc1ccc2ccccc2c1.Cc1cccc(C)c1C.Cc1ccccc1.Cc1ccccc1C. The van der Waals surface area contributed by atoms with Gasteiger partial charge in [0.2, 0.25) is 0 Å². The highest BCUT2D eigenvalue weighted by molar-refractivity contribution is 5.83. The van der Waals surface area contributed by atoms with Crippen molar-refractivity contribution in [3.8, 4) is 22.6 Å². The molecule has 0 fully saturated rings. The Balaban J connectivity index is 0.000000183. The number of fused-ring (bicyclic) bond motifs is 1. The Kier molecular flexibility index (Phi) is 41.5. The number of benzene rings is 17. The molecule has 0 aliphatic heterocycles. The lowest BCUT2D eigenvalue weighted by Crippen LogP contribution is -2.23. The Morgan fingerprint density at radius 3 is 0.705 bits per heavy atom. The second kappa shape index (κ2) is 52.6. The standard InChI is InChI=1S/C19H24.2C17H20.C15H16.C14H14O.C14H14.C11H10.C9H12.C8H10.C7H8/c1-5-14-19(4,17-10-6-15(2)7-11-17)18-12-8-16(3)9-13-18;2*1-13-5-9-15(10-6-13)17(3,4)16-11-7-14(2)8-12-16;1-12-3-7-14(8-4-12)11-15-9-5-13(2)6-10-15;1-11-3-7-13(8-4-11)15-14-9-5-12(2)6-10-14;1-11-3-7-13(8-4-11)14-9-5-12(2)6-10-14;1-9-6-7-10-4-2-3-5-11(10)8-9;1-7-5-4-6-8(2)9(7)3;1-7-5-3-4-6-8(7)2;1-7-5-3-2-4-6-7/h6-13H,5,14H2,1-4H3;2*5-12H,1-4H3;3-10H,11H2,1-2H3;3-10H,1-2H3;3-10H,1-2H3;2-8H,1H3;4-6H,1-3H3;3-6H,1-2H3;2-6H,1H3. The first kappa shape index (κ1) is 104. The van der Waals surface area contributed by atoms with Crippen LogP contribution in [0, 0.1) is 132 Å². The molecular formula is C131H148O. The van der Waals surface area contributed by atoms with E-state index in [-0.39, 0.29) is 16.2 Å². The molecule has 0 saturated heterocycles. The minimum absolute atomic E-state index is 0.0708. The Hall–Kier alpha value is -13.2. The third kappa shape index (κ3) is 34.9. The van der Waals surface area contributed by atoms with E-state index in [0.29, 0.717) is 0 Å². The maximum absolute atomic E-state index is 5.69. The maximum atomic E-state index is 5.69. The predicted octanol–water partition coefficient (Wildman–Crippen LogP) is 36.7. The van der Waals surface area contributed by atoms with E-state index in [1.807, 2.05) is 66.7 Å². The van der Waals surface area contributed by atoms with Crippen LogP contribution in [0.25, 0.3) is 21.9 Å². The molecule has 0 aliphatic carbocycles. The van der Waals surface area contributed by atoms with Gasteiger partial charge in [-0.1, -0.05) is 508 Å². The average molecular weight is 1740 g/mol. The van der Waals surface area contributed by atoms with Gasteiger partial charge in [0.1, 0.15) is 11.5 Å². The summed E-state index contributed by atoms with van der Waals surface area (Å²) in [5, 5.41) is 2.64. The second-order valence-corrected chi connectivity index (χ2v) is 37.2. The molecule has 0 atom stereocenters. The molecule has 0 aromatic heterocycles. The van der Waals surface area contributed by atoms with Gasteiger partial charge in [-0.2, -0.15) is 0 Å². The Labute approximate surface area is 797 Å². The molecule has 0 aliphatic rings. The average Bonchev–Trinajstić information content (AvgIpc) is 0.795. The van der Waals surface area contributed by atoms with Gasteiger partial charge in [0, 0.05) is 16.2 Å². The lowest BCUT2D eigenvalue weighted by atomic mass is 9.73. The van der Waals surface area contributed by atoms with Crippen molar-refractivity contribution in [1.29, 1.82) is 0 Å². The van der Waals surface area contributed by atoms with Crippen LogP contribution in [0.2, 0.25) is 0 Å². The summed E-state index contributed by atoms with van der Waals surface area (Å²) < 4.78 is 5.69. The first-order valence-electron chi connectivity index (χ1n) is 47.1. The van der Waals surface area contributed by atoms with Crippen LogP contribution in [-0.4, -0.2) is 0 Å². The molecular weight excluding hydrogens is 1590 g/mol. The molecule has 1 heteroatoms. The van der Waals surface area contributed by atoms with Crippen LogP contribution in [0.4, 0.5) is 0 Å². The predicted molar refractivity (Wildman–Crippen MR) is 578 cm³/mol. The van der Waals surface area contributed by atoms with Crippen LogP contribution in [0.1, 0.15) is 205 Å². The minimum atomic E-state index is 0.0708. The molecule has 0 unspecified atom stereocenters. The Morgan fingerprint density at radius 1 is 0.197 bits per heavy atom. The quantitative estimate of drug-likeness (QED) is 0.112. The van der Waals surface area contributed by atoms with Gasteiger partial charge in [-0.15, -0.1) is 0 Å². The van der Waals surface area contributed by atoms with Crippen LogP contribution in [-0.2, 0) is 22.7 Å². The fourth-order valence-corrected chi connectivity index (χ4v) is 14.9. The molecule has 0 spiro atoms. The van der Waals surface area contributed by atoms with Crippen LogP contribution < -0.4 is 4.74 Å². The van der Waals surface area contributed by atoms with Gasteiger partial charge >= 0.3 is 0 Å². The first-order chi connectivity index (χ1) is 63.1. The zero-order valence-corrected chi connectivity index (χ0v) is 84.2. The molecule has 17 aromatic carbocycles. The number of hydrogen-bond donors (Lipinski definition) is 0. The maximum Gasteiger partial charge on any atom is 0.127 e. The topological polar surface area (TPSA) is 9.23 Å². The molecule has 0 radical (unpaired) electrons. The van der Waals surface area contributed by atoms with Crippen molar-refractivity contribution in [2.24, 2.45) is 0 Å². The van der Waals surface area contributed by atoms with Crippen LogP contribution in [0.3, 0.4) is 0 Å². The second-order valence-electron chi connectivity index (χ2n) is 37.2. The van der Waals surface area contributed by atoms with Gasteiger partial charge < -0.3 is 4.74 Å². The molecule has 0 amide bonds. The molecule has 17 aromatic rings. The van der Waals surface area contributed by atoms with E-state index in [4.69, 9.17) is 4.74 Å². The summed E-state index contributed by atoms with van der Waals surface area (Å²) in [6.07, 6.45) is 3.40. The number of ether oxygens (including phenoxy) is 1. The van der Waals surface area contributed by atoms with E-state index < -0.39 is 0 Å². The summed E-state index contributed by atoms with van der Waals surface area (Å²) in [6, 6.07) is 144. The van der Waals surface area contributed by atoms with Crippen molar-refractivity contribution in [1.82, 2.24) is 0 Å². The van der Waals surface area contributed by atoms with E-state index in [9.17, 15) is 0 Å².